The average Bonchev–Trinajstić information content (AvgIpc) is 3.23. The molecule has 0 saturated heterocycles. The normalized spacial score (nSPS) is 12.8. The van der Waals surface area contributed by atoms with E-state index in [0.717, 1.165) is 28.1 Å². The molecule has 4 aromatic heterocycles. The van der Waals surface area contributed by atoms with E-state index in [-0.39, 0.29) is 12.4 Å². The first-order valence-electron chi connectivity index (χ1n) is 8.16. The molecule has 5 heteroatoms. The van der Waals surface area contributed by atoms with Gasteiger partial charge in [-0.1, -0.05) is 6.07 Å². The molecule has 5 rings (SSSR count). The Morgan fingerprint density at radius 3 is 2.40 bits per heavy atom. The van der Waals surface area contributed by atoms with E-state index < -0.39 is 0 Å². The van der Waals surface area contributed by atoms with E-state index in [1.54, 1.807) is 6.20 Å². The van der Waals surface area contributed by atoms with Crippen molar-refractivity contribution < 1.29 is 0 Å². The third-order valence-electron chi connectivity index (χ3n) is 4.60. The molecule has 0 N–H and O–H groups in total. The van der Waals surface area contributed by atoms with Crippen molar-refractivity contribution in [3.05, 3.63) is 65.6 Å². The minimum atomic E-state index is 0. The molecule has 0 bridgehead atoms. The molecule has 4 heterocycles. The van der Waals surface area contributed by atoms with Gasteiger partial charge in [0.1, 0.15) is 4.83 Å². The molecule has 0 spiro atoms. The molecule has 4 aromatic rings. The van der Waals surface area contributed by atoms with Gasteiger partial charge in [0.25, 0.3) is 0 Å². The lowest BCUT2D eigenvalue weighted by atomic mass is 9.99. The van der Waals surface area contributed by atoms with Crippen molar-refractivity contribution >= 4 is 34.0 Å². The van der Waals surface area contributed by atoms with E-state index in [9.17, 15) is 0 Å². The second kappa shape index (κ2) is 6.54. The molecule has 0 radical (unpaired) electrons. The minimum Gasteiger partial charge on any atom is -0.264 e. The Labute approximate surface area is 156 Å². The first kappa shape index (κ1) is 16.2. The summed E-state index contributed by atoms with van der Waals surface area (Å²) in [7, 11) is 0. The molecule has 0 atom stereocenters. The predicted octanol–water partition coefficient (Wildman–Crippen LogP) is 5.33. The number of fused-ring (bicyclic) bond motifs is 3. The van der Waals surface area contributed by atoms with Gasteiger partial charge in [0.2, 0.25) is 0 Å². The van der Waals surface area contributed by atoms with Gasteiger partial charge in [-0.3, -0.25) is 9.97 Å². The summed E-state index contributed by atoms with van der Waals surface area (Å²) in [5.41, 5.74) is 5.93. The topological polar surface area (TPSA) is 38.7 Å². The quantitative estimate of drug-likeness (QED) is 0.482. The van der Waals surface area contributed by atoms with Crippen LogP contribution in [0.15, 0.2) is 55.1 Å². The van der Waals surface area contributed by atoms with Crippen molar-refractivity contribution in [2.24, 2.45) is 0 Å². The molecule has 1 aliphatic carbocycles. The Balaban J connectivity index is 0.00000157. The zero-order valence-electron chi connectivity index (χ0n) is 13.5. The summed E-state index contributed by atoms with van der Waals surface area (Å²) in [6, 6.07) is 10.3. The van der Waals surface area contributed by atoms with Crippen LogP contribution in [0.5, 0.6) is 0 Å². The average molecular weight is 366 g/mol. The maximum absolute atomic E-state index is 4.95. The molecule has 0 fully saturated rings. The molecule has 0 aliphatic heterocycles. The lowest BCUT2D eigenvalue weighted by Gasteiger charge is -2.09. The van der Waals surface area contributed by atoms with Crippen LogP contribution in [-0.2, 0) is 12.8 Å². The molecule has 124 valence electrons. The fourth-order valence-corrected chi connectivity index (χ4v) is 4.80. The molecular weight excluding hydrogens is 350 g/mol. The number of halogens is 1. The van der Waals surface area contributed by atoms with Gasteiger partial charge in [0.15, 0.2) is 0 Å². The van der Waals surface area contributed by atoms with Crippen LogP contribution in [0.25, 0.3) is 32.6 Å². The second-order valence-electron chi connectivity index (χ2n) is 6.08. The summed E-state index contributed by atoms with van der Waals surface area (Å²) in [4.78, 5) is 16.2. The lowest BCUT2D eigenvalue weighted by Crippen LogP contribution is -1.90. The Morgan fingerprint density at radius 2 is 1.68 bits per heavy atom. The highest BCUT2D eigenvalue weighted by Gasteiger charge is 2.22. The molecule has 0 unspecified atom stereocenters. The third kappa shape index (κ3) is 2.71. The van der Waals surface area contributed by atoms with Crippen molar-refractivity contribution in [3.63, 3.8) is 0 Å². The van der Waals surface area contributed by atoms with Crippen LogP contribution < -0.4 is 0 Å². The van der Waals surface area contributed by atoms with Gasteiger partial charge in [0, 0.05) is 46.2 Å². The first-order chi connectivity index (χ1) is 11.9. The highest BCUT2D eigenvalue weighted by Crippen LogP contribution is 2.42. The fourth-order valence-electron chi connectivity index (χ4n) is 3.51. The molecule has 0 aromatic carbocycles. The van der Waals surface area contributed by atoms with Gasteiger partial charge < -0.3 is 0 Å². The predicted molar refractivity (Wildman–Crippen MR) is 105 cm³/mol. The Bertz CT molecular complexity index is 1030. The van der Waals surface area contributed by atoms with Crippen LogP contribution in [0, 0.1) is 0 Å². The van der Waals surface area contributed by atoms with Crippen molar-refractivity contribution in [3.8, 4) is 22.4 Å². The number of hydrogen-bond donors (Lipinski definition) is 0. The number of rotatable bonds is 2. The molecule has 0 amide bonds. The standard InChI is InChI=1S/C20H15N3S.ClH/c1-6-15-18(7-1)24-20-19(15)16(13-4-2-8-21-11-13)10-17(23-20)14-5-3-9-22-12-14;/h2-5,8-12H,1,6-7H2;1H. The highest BCUT2D eigenvalue weighted by atomic mass is 35.5. The number of aryl methyl sites for hydroxylation is 2. The van der Waals surface area contributed by atoms with Crippen LogP contribution in [-0.4, -0.2) is 15.0 Å². The van der Waals surface area contributed by atoms with Gasteiger partial charge in [-0.15, -0.1) is 23.7 Å². The van der Waals surface area contributed by atoms with E-state index in [1.807, 2.05) is 42.1 Å². The second-order valence-corrected chi connectivity index (χ2v) is 7.16. The van der Waals surface area contributed by atoms with E-state index in [2.05, 4.69) is 28.2 Å². The van der Waals surface area contributed by atoms with Crippen molar-refractivity contribution in [2.75, 3.05) is 0 Å². The minimum absolute atomic E-state index is 0. The number of pyridine rings is 3. The van der Waals surface area contributed by atoms with Crippen molar-refractivity contribution in [1.29, 1.82) is 0 Å². The van der Waals surface area contributed by atoms with Crippen LogP contribution in [0.2, 0.25) is 0 Å². The first-order valence-corrected chi connectivity index (χ1v) is 8.98. The molecule has 3 nitrogen and oxygen atoms in total. The van der Waals surface area contributed by atoms with Crippen molar-refractivity contribution in [2.45, 2.75) is 19.3 Å². The SMILES string of the molecule is Cl.c1cncc(-c2cc(-c3cccnc3)c3c4c(sc3n2)CCC4)c1. The van der Waals surface area contributed by atoms with Crippen LogP contribution >= 0.6 is 23.7 Å². The molecule has 25 heavy (non-hydrogen) atoms. The lowest BCUT2D eigenvalue weighted by molar-refractivity contribution is 0.917. The van der Waals surface area contributed by atoms with Gasteiger partial charge in [-0.05, 0) is 54.7 Å². The monoisotopic (exact) mass is 365 g/mol. The Morgan fingerprint density at radius 1 is 0.920 bits per heavy atom. The van der Waals surface area contributed by atoms with Gasteiger partial charge in [-0.25, -0.2) is 4.98 Å². The number of hydrogen-bond acceptors (Lipinski definition) is 4. The van der Waals surface area contributed by atoms with E-state index >= 15 is 0 Å². The van der Waals surface area contributed by atoms with E-state index in [0.29, 0.717) is 0 Å². The Kier molecular flexibility index (Phi) is 4.24. The number of aromatic nitrogens is 3. The van der Waals surface area contributed by atoms with E-state index in [1.165, 1.54) is 34.2 Å². The molecular formula is C20H16ClN3S. The van der Waals surface area contributed by atoms with Gasteiger partial charge in [0.05, 0.1) is 5.69 Å². The zero-order chi connectivity index (χ0) is 15.9. The number of nitrogens with zero attached hydrogens (tertiary/aromatic N) is 3. The van der Waals surface area contributed by atoms with Gasteiger partial charge >= 0.3 is 0 Å². The van der Waals surface area contributed by atoms with Gasteiger partial charge in [-0.2, -0.15) is 0 Å². The highest BCUT2D eigenvalue weighted by molar-refractivity contribution is 7.19. The summed E-state index contributed by atoms with van der Waals surface area (Å²) in [6.07, 6.45) is 11.0. The molecule has 1 aliphatic rings. The maximum Gasteiger partial charge on any atom is 0.125 e. The van der Waals surface area contributed by atoms with Crippen LogP contribution in [0.3, 0.4) is 0 Å². The summed E-state index contributed by atoms with van der Waals surface area (Å²) in [5.74, 6) is 0. The van der Waals surface area contributed by atoms with E-state index in [4.69, 9.17) is 4.98 Å². The largest absolute Gasteiger partial charge is 0.264 e. The third-order valence-corrected chi connectivity index (χ3v) is 5.79. The maximum atomic E-state index is 4.95. The van der Waals surface area contributed by atoms with Crippen molar-refractivity contribution in [1.82, 2.24) is 15.0 Å². The van der Waals surface area contributed by atoms with Crippen LogP contribution in [0.4, 0.5) is 0 Å². The summed E-state index contributed by atoms with van der Waals surface area (Å²) in [5, 5.41) is 1.33. The summed E-state index contributed by atoms with van der Waals surface area (Å²) in [6.45, 7) is 0. The number of thiophene rings is 1. The fraction of sp³-hybridized carbons (Fsp3) is 0.150. The zero-order valence-corrected chi connectivity index (χ0v) is 15.1. The van der Waals surface area contributed by atoms with Crippen LogP contribution in [0.1, 0.15) is 16.9 Å². The smallest absolute Gasteiger partial charge is 0.125 e. The summed E-state index contributed by atoms with van der Waals surface area (Å²) >= 11 is 1.85. The summed E-state index contributed by atoms with van der Waals surface area (Å²) < 4.78 is 0. The molecule has 0 saturated carbocycles. The Hall–Kier alpha value is -2.30.